The number of methoxy groups -OCH3 is 1. The van der Waals surface area contributed by atoms with Crippen LogP contribution in [0.4, 0.5) is 0 Å². The lowest BCUT2D eigenvalue weighted by Crippen LogP contribution is -2.57. The Hall–Kier alpha value is -1.67. The first kappa shape index (κ1) is 17.4. The zero-order valence-corrected chi connectivity index (χ0v) is 12.5. The maximum absolute atomic E-state index is 11.2. The van der Waals surface area contributed by atoms with Crippen LogP contribution in [0.25, 0.3) is 0 Å². The molecule has 0 aromatic rings. The summed E-state index contributed by atoms with van der Waals surface area (Å²) in [5.74, 6) is -1.51. The van der Waals surface area contributed by atoms with Crippen molar-refractivity contribution in [2.75, 3.05) is 20.3 Å². The molecule has 0 spiro atoms. The minimum atomic E-state index is -0.828. The highest BCUT2D eigenvalue weighted by molar-refractivity contribution is 5.67. The van der Waals surface area contributed by atoms with Crippen LogP contribution in [-0.2, 0) is 38.1 Å². The van der Waals surface area contributed by atoms with Gasteiger partial charge in [0.1, 0.15) is 18.8 Å². The van der Waals surface area contributed by atoms with Crippen molar-refractivity contribution in [3.8, 4) is 0 Å². The summed E-state index contributed by atoms with van der Waals surface area (Å²) in [4.78, 5) is 33.2. The van der Waals surface area contributed by atoms with Crippen molar-refractivity contribution in [3.63, 3.8) is 0 Å². The lowest BCUT2D eigenvalue weighted by molar-refractivity contribution is -0.228. The smallest absolute Gasteiger partial charge is 0.303 e. The topological polar surface area (TPSA) is 97.4 Å². The molecule has 0 N–H and O–H groups in total. The third-order valence-electron chi connectivity index (χ3n) is 2.87. The second kappa shape index (κ2) is 7.94. The molecule has 0 radical (unpaired) electrons. The van der Waals surface area contributed by atoms with Crippen molar-refractivity contribution in [1.82, 2.24) is 0 Å². The van der Waals surface area contributed by atoms with E-state index in [1.165, 1.54) is 27.9 Å². The van der Waals surface area contributed by atoms with Gasteiger partial charge >= 0.3 is 17.9 Å². The molecule has 0 aromatic heterocycles. The minimum Gasteiger partial charge on any atom is -0.463 e. The van der Waals surface area contributed by atoms with E-state index in [4.69, 9.17) is 23.7 Å². The van der Waals surface area contributed by atoms with E-state index in [1.807, 2.05) is 0 Å². The second-order valence-corrected chi connectivity index (χ2v) is 4.60. The summed E-state index contributed by atoms with van der Waals surface area (Å²) in [6.45, 7) is 3.74. The van der Waals surface area contributed by atoms with Gasteiger partial charge in [0.15, 0.2) is 12.2 Å². The standard InChI is InChI=1S/C13H20O8/c1-7(14)18-5-10-12(17-4)13(21-9(3)16)11(6-19-10)20-8(2)15/h10-13H,5-6H2,1-4H3. The van der Waals surface area contributed by atoms with Crippen molar-refractivity contribution < 1.29 is 38.1 Å². The Morgan fingerprint density at radius 3 is 2.10 bits per heavy atom. The fraction of sp³-hybridized carbons (Fsp3) is 0.769. The summed E-state index contributed by atoms with van der Waals surface area (Å²) < 4.78 is 25.9. The Kier molecular flexibility index (Phi) is 6.57. The molecule has 1 fully saturated rings. The summed E-state index contributed by atoms with van der Waals surface area (Å²) in [7, 11) is 1.40. The molecule has 0 amide bonds. The summed E-state index contributed by atoms with van der Waals surface area (Å²) in [6, 6.07) is 0. The molecule has 1 aliphatic heterocycles. The zero-order chi connectivity index (χ0) is 16.0. The number of carbonyl (C=O) groups is 3. The third-order valence-corrected chi connectivity index (χ3v) is 2.87. The van der Waals surface area contributed by atoms with E-state index in [0.717, 1.165) is 0 Å². The highest BCUT2D eigenvalue weighted by atomic mass is 16.6. The van der Waals surface area contributed by atoms with Crippen LogP contribution in [0.15, 0.2) is 0 Å². The predicted molar refractivity (Wildman–Crippen MR) is 68.3 cm³/mol. The van der Waals surface area contributed by atoms with Gasteiger partial charge in [-0.05, 0) is 0 Å². The molecule has 1 heterocycles. The van der Waals surface area contributed by atoms with Crippen LogP contribution in [0, 0.1) is 0 Å². The van der Waals surface area contributed by atoms with Gasteiger partial charge in [-0.2, -0.15) is 0 Å². The van der Waals surface area contributed by atoms with Gasteiger partial charge in [-0.25, -0.2) is 0 Å². The molecule has 8 heteroatoms. The van der Waals surface area contributed by atoms with E-state index >= 15 is 0 Å². The van der Waals surface area contributed by atoms with E-state index in [9.17, 15) is 14.4 Å². The molecule has 120 valence electrons. The average molecular weight is 304 g/mol. The first-order valence-corrected chi connectivity index (χ1v) is 6.47. The summed E-state index contributed by atoms with van der Waals surface area (Å²) in [5, 5.41) is 0. The third kappa shape index (κ3) is 5.31. The molecule has 1 saturated heterocycles. The molecule has 1 rings (SSSR count). The molecule has 21 heavy (non-hydrogen) atoms. The average Bonchev–Trinajstić information content (AvgIpc) is 2.37. The number of rotatable bonds is 5. The summed E-state index contributed by atoms with van der Waals surface area (Å²) in [6.07, 6.45) is -2.93. The van der Waals surface area contributed by atoms with Gasteiger partial charge < -0.3 is 23.7 Å². The summed E-state index contributed by atoms with van der Waals surface area (Å²) in [5.41, 5.74) is 0. The molecule has 4 atom stereocenters. The molecule has 8 nitrogen and oxygen atoms in total. The van der Waals surface area contributed by atoms with Gasteiger partial charge in [0.2, 0.25) is 0 Å². The first-order chi connectivity index (χ1) is 9.85. The SMILES string of the molecule is COC1C(COC(C)=O)OCC(OC(C)=O)C1OC(C)=O. The van der Waals surface area contributed by atoms with E-state index < -0.39 is 42.3 Å². The number of hydrogen-bond acceptors (Lipinski definition) is 8. The highest BCUT2D eigenvalue weighted by Crippen LogP contribution is 2.24. The van der Waals surface area contributed by atoms with Crippen LogP contribution in [0.2, 0.25) is 0 Å². The maximum atomic E-state index is 11.2. The van der Waals surface area contributed by atoms with Crippen molar-refractivity contribution in [2.24, 2.45) is 0 Å². The Labute approximate surface area is 122 Å². The number of ether oxygens (including phenoxy) is 5. The summed E-state index contributed by atoms with van der Waals surface area (Å²) >= 11 is 0. The molecule has 1 aliphatic rings. The number of esters is 3. The molecule has 4 unspecified atom stereocenters. The van der Waals surface area contributed by atoms with Gasteiger partial charge in [-0.3, -0.25) is 14.4 Å². The van der Waals surface area contributed by atoms with Crippen LogP contribution in [0.3, 0.4) is 0 Å². The fourth-order valence-electron chi connectivity index (χ4n) is 2.11. The Bertz CT molecular complexity index is 394. The van der Waals surface area contributed by atoms with Gasteiger partial charge in [-0.15, -0.1) is 0 Å². The van der Waals surface area contributed by atoms with Crippen LogP contribution in [-0.4, -0.2) is 62.6 Å². The van der Waals surface area contributed by atoms with Gasteiger partial charge in [0, 0.05) is 27.9 Å². The van der Waals surface area contributed by atoms with Crippen LogP contribution >= 0.6 is 0 Å². The highest BCUT2D eigenvalue weighted by Gasteiger charge is 2.45. The van der Waals surface area contributed by atoms with Crippen LogP contribution in [0.5, 0.6) is 0 Å². The number of hydrogen-bond donors (Lipinski definition) is 0. The maximum Gasteiger partial charge on any atom is 0.303 e. The predicted octanol–water partition coefficient (Wildman–Crippen LogP) is -0.173. The van der Waals surface area contributed by atoms with Crippen LogP contribution in [0.1, 0.15) is 20.8 Å². The van der Waals surface area contributed by atoms with Gasteiger partial charge in [-0.1, -0.05) is 0 Å². The molecule has 0 aromatic carbocycles. The van der Waals surface area contributed by atoms with Crippen molar-refractivity contribution in [1.29, 1.82) is 0 Å². The van der Waals surface area contributed by atoms with Crippen molar-refractivity contribution in [3.05, 3.63) is 0 Å². The van der Waals surface area contributed by atoms with E-state index in [0.29, 0.717) is 0 Å². The molecule has 0 bridgehead atoms. The van der Waals surface area contributed by atoms with E-state index in [-0.39, 0.29) is 13.2 Å². The minimum absolute atomic E-state index is 0.0172. The molecule has 0 aliphatic carbocycles. The monoisotopic (exact) mass is 304 g/mol. The molecular weight excluding hydrogens is 284 g/mol. The quantitative estimate of drug-likeness (QED) is 0.510. The number of carbonyl (C=O) groups excluding carboxylic acids is 3. The Morgan fingerprint density at radius 1 is 1.00 bits per heavy atom. The lowest BCUT2D eigenvalue weighted by Gasteiger charge is -2.40. The van der Waals surface area contributed by atoms with Crippen molar-refractivity contribution in [2.45, 2.75) is 45.2 Å². The zero-order valence-electron chi connectivity index (χ0n) is 12.5. The largest absolute Gasteiger partial charge is 0.463 e. The second-order valence-electron chi connectivity index (χ2n) is 4.60. The van der Waals surface area contributed by atoms with E-state index in [2.05, 4.69) is 0 Å². The molecule has 0 saturated carbocycles. The Balaban J connectivity index is 2.83. The Morgan fingerprint density at radius 2 is 1.62 bits per heavy atom. The lowest BCUT2D eigenvalue weighted by atomic mass is 9.99. The first-order valence-electron chi connectivity index (χ1n) is 6.47. The fourth-order valence-corrected chi connectivity index (χ4v) is 2.11. The molecular formula is C13H20O8. The normalized spacial score (nSPS) is 28.6. The van der Waals surface area contributed by atoms with Gasteiger partial charge in [0.25, 0.3) is 0 Å². The van der Waals surface area contributed by atoms with E-state index in [1.54, 1.807) is 0 Å². The van der Waals surface area contributed by atoms with Crippen LogP contribution < -0.4 is 0 Å². The van der Waals surface area contributed by atoms with Crippen molar-refractivity contribution >= 4 is 17.9 Å². The van der Waals surface area contributed by atoms with Gasteiger partial charge in [0.05, 0.1) is 6.61 Å².